The molecule has 2 aliphatic heterocycles. The monoisotopic (exact) mass is 186 g/mol. The molecule has 0 aromatic heterocycles. The molecular weight excluding hydrogens is 172 g/mol. The zero-order valence-corrected chi connectivity index (χ0v) is 7.99. The third-order valence-corrected chi connectivity index (χ3v) is 4.10. The Balaban J connectivity index is 2.09. The molecule has 12 heavy (non-hydrogen) atoms. The van der Waals surface area contributed by atoms with Gasteiger partial charge in [-0.1, -0.05) is 0 Å². The van der Waals surface area contributed by atoms with Crippen LogP contribution in [-0.4, -0.2) is 30.5 Å². The molecule has 1 atom stereocenters. The predicted molar refractivity (Wildman–Crippen MR) is 49.4 cm³/mol. The first-order chi connectivity index (χ1) is 5.83. The van der Waals surface area contributed by atoms with E-state index in [9.17, 15) is 4.79 Å². The summed E-state index contributed by atoms with van der Waals surface area (Å²) in [5.41, 5.74) is -0.0822. The van der Waals surface area contributed by atoms with E-state index in [4.69, 9.17) is 4.74 Å². The van der Waals surface area contributed by atoms with Gasteiger partial charge in [0, 0.05) is 12.2 Å². The number of hydrogen-bond acceptors (Lipinski definition) is 3. The highest BCUT2D eigenvalue weighted by atomic mass is 32.2. The van der Waals surface area contributed by atoms with Gasteiger partial charge in [-0.2, -0.15) is 11.8 Å². The lowest BCUT2D eigenvalue weighted by atomic mass is 9.79. The van der Waals surface area contributed by atoms with Crippen LogP contribution in [0.1, 0.15) is 19.3 Å². The van der Waals surface area contributed by atoms with Crippen molar-refractivity contribution in [3.8, 4) is 0 Å². The molecule has 2 saturated heterocycles. The number of ketones is 1. The molecule has 68 valence electrons. The molecule has 0 amide bonds. The van der Waals surface area contributed by atoms with Crippen molar-refractivity contribution in [2.45, 2.75) is 19.3 Å². The van der Waals surface area contributed by atoms with Crippen molar-refractivity contribution >= 4 is 17.5 Å². The number of hydrogen-bond donors (Lipinski definition) is 0. The number of Topliss-reactive ketones (excluding diaryl/α,β-unsaturated/α-hetero) is 1. The molecule has 0 bridgehead atoms. The van der Waals surface area contributed by atoms with Gasteiger partial charge in [0.2, 0.25) is 0 Å². The van der Waals surface area contributed by atoms with Crippen LogP contribution in [0.2, 0.25) is 0 Å². The number of thioether (sulfide) groups is 1. The molecule has 2 aliphatic rings. The third kappa shape index (κ3) is 1.40. The molecule has 1 spiro atoms. The number of carbonyl (C=O) groups is 1. The first-order valence-corrected chi connectivity index (χ1v) is 5.68. The van der Waals surface area contributed by atoms with Gasteiger partial charge in [0.15, 0.2) is 0 Å². The lowest BCUT2D eigenvalue weighted by molar-refractivity contribution is -0.139. The summed E-state index contributed by atoms with van der Waals surface area (Å²) in [6, 6.07) is 0. The number of rotatable bonds is 0. The Morgan fingerprint density at radius 1 is 1.50 bits per heavy atom. The summed E-state index contributed by atoms with van der Waals surface area (Å²) in [7, 11) is 0. The maximum absolute atomic E-state index is 11.7. The van der Waals surface area contributed by atoms with Gasteiger partial charge in [-0.15, -0.1) is 0 Å². The van der Waals surface area contributed by atoms with Crippen molar-refractivity contribution in [1.29, 1.82) is 0 Å². The van der Waals surface area contributed by atoms with E-state index in [1.165, 1.54) is 12.2 Å². The van der Waals surface area contributed by atoms with Gasteiger partial charge in [0.25, 0.3) is 0 Å². The van der Waals surface area contributed by atoms with Crippen LogP contribution in [-0.2, 0) is 9.53 Å². The van der Waals surface area contributed by atoms with E-state index in [0.29, 0.717) is 25.4 Å². The highest BCUT2D eigenvalue weighted by molar-refractivity contribution is 7.99. The lowest BCUT2D eigenvalue weighted by Gasteiger charge is -2.37. The Morgan fingerprint density at radius 2 is 2.42 bits per heavy atom. The summed E-state index contributed by atoms with van der Waals surface area (Å²) in [4.78, 5) is 11.7. The molecule has 0 saturated carbocycles. The quantitative estimate of drug-likeness (QED) is 0.573. The molecule has 1 unspecified atom stereocenters. The fraction of sp³-hybridized carbons (Fsp3) is 0.889. The first kappa shape index (κ1) is 8.57. The maximum Gasteiger partial charge on any atom is 0.144 e. The van der Waals surface area contributed by atoms with E-state index >= 15 is 0 Å². The Labute approximate surface area is 77.0 Å². The minimum Gasteiger partial charge on any atom is -0.380 e. The van der Waals surface area contributed by atoms with E-state index in [1.54, 1.807) is 0 Å². The van der Waals surface area contributed by atoms with Crippen LogP contribution in [0.5, 0.6) is 0 Å². The molecule has 2 nitrogen and oxygen atoms in total. The molecule has 3 heteroatoms. The molecule has 2 heterocycles. The van der Waals surface area contributed by atoms with Crippen molar-refractivity contribution in [3.63, 3.8) is 0 Å². The fourth-order valence-corrected chi connectivity index (χ4v) is 3.24. The lowest BCUT2D eigenvalue weighted by Crippen LogP contribution is -2.44. The van der Waals surface area contributed by atoms with Gasteiger partial charge >= 0.3 is 0 Å². The smallest absolute Gasteiger partial charge is 0.144 e. The number of ether oxygens (including phenoxy) is 1. The van der Waals surface area contributed by atoms with Crippen LogP contribution in [0.4, 0.5) is 0 Å². The zero-order chi connectivity index (χ0) is 8.44. The van der Waals surface area contributed by atoms with Gasteiger partial charge in [0.05, 0.1) is 18.6 Å². The van der Waals surface area contributed by atoms with Gasteiger partial charge < -0.3 is 4.74 Å². The van der Waals surface area contributed by atoms with E-state index in [-0.39, 0.29) is 5.41 Å². The van der Waals surface area contributed by atoms with Gasteiger partial charge in [-0.25, -0.2) is 0 Å². The van der Waals surface area contributed by atoms with Crippen LogP contribution in [0.15, 0.2) is 0 Å². The summed E-state index contributed by atoms with van der Waals surface area (Å²) >= 11 is 1.90. The van der Waals surface area contributed by atoms with E-state index < -0.39 is 0 Å². The standard InChI is InChI=1S/C9H14O2S/c10-8-2-4-11-6-9(8)3-1-5-12-7-9/h1-7H2. The van der Waals surface area contributed by atoms with Crippen LogP contribution in [0.25, 0.3) is 0 Å². The SMILES string of the molecule is O=C1CCOCC12CCCSC2. The normalized spacial score (nSPS) is 37.2. The second kappa shape index (κ2) is 3.38. The van der Waals surface area contributed by atoms with Crippen LogP contribution >= 0.6 is 11.8 Å². The summed E-state index contributed by atoms with van der Waals surface area (Å²) in [5, 5.41) is 0. The second-order valence-corrected chi connectivity index (χ2v) is 4.77. The highest BCUT2D eigenvalue weighted by Gasteiger charge is 2.41. The predicted octanol–water partition coefficient (Wildman–Crippen LogP) is 1.49. The largest absolute Gasteiger partial charge is 0.380 e. The topological polar surface area (TPSA) is 26.3 Å². The zero-order valence-electron chi connectivity index (χ0n) is 7.17. The summed E-state index contributed by atoms with van der Waals surface area (Å²) in [6.07, 6.45) is 2.87. The van der Waals surface area contributed by atoms with Crippen LogP contribution in [0.3, 0.4) is 0 Å². The first-order valence-electron chi connectivity index (χ1n) is 4.52. The van der Waals surface area contributed by atoms with Crippen molar-refractivity contribution in [2.24, 2.45) is 5.41 Å². The minimum atomic E-state index is -0.0822. The Morgan fingerprint density at radius 3 is 3.08 bits per heavy atom. The Kier molecular flexibility index (Phi) is 2.42. The average molecular weight is 186 g/mol. The van der Waals surface area contributed by atoms with E-state index in [0.717, 1.165) is 12.2 Å². The molecule has 0 aromatic rings. The van der Waals surface area contributed by atoms with Crippen molar-refractivity contribution in [1.82, 2.24) is 0 Å². The summed E-state index contributed by atoms with van der Waals surface area (Å²) in [5.74, 6) is 2.65. The van der Waals surface area contributed by atoms with Crippen molar-refractivity contribution in [3.05, 3.63) is 0 Å². The molecule has 0 N–H and O–H groups in total. The summed E-state index contributed by atoms with van der Waals surface area (Å²) < 4.78 is 5.40. The molecular formula is C9H14O2S. The van der Waals surface area contributed by atoms with E-state index in [2.05, 4.69) is 0 Å². The highest BCUT2D eigenvalue weighted by Crippen LogP contribution is 2.38. The van der Waals surface area contributed by atoms with E-state index in [1.807, 2.05) is 11.8 Å². The fourth-order valence-electron chi connectivity index (χ4n) is 1.96. The third-order valence-electron chi connectivity index (χ3n) is 2.77. The van der Waals surface area contributed by atoms with Crippen LogP contribution in [0, 0.1) is 5.41 Å². The molecule has 0 aliphatic carbocycles. The molecule has 2 rings (SSSR count). The minimum absolute atomic E-state index is 0.0822. The second-order valence-electron chi connectivity index (χ2n) is 3.66. The number of carbonyl (C=O) groups excluding carboxylic acids is 1. The molecule has 0 aromatic carbocycles. The van der Waals surface area contributed by atoms with Crippen molar-refractivity contribution in [2.75, 3.05) is 24.7 Å². The van der Waals surface area contributed by atoms with Gasteiger partial charge in [-0.05, 0) is 18.6 Å². The van der Waals surface area contributed by atoms with Gasteiger partial charge in [-0.3, -0.25) is 4.79 Å². The Bertz CT molecular complexity index is 177. The van der Waals surface area contributed by atoms with Gasteiger partial charge in [0.1, 0.15) is 5.78 Å². The Hall–Kier alpha value is -0.0200. The maximum atomic E-state index is 11.7. The molecule has 2 fully saturated rings. The summed E-state index contributed by atoms with van der Waals surface area (Å²) in [6.45, 7) is 1.32. The average Bonchev–Trinajstić information content (AvgIpc) is 2.12. The van der Waals surface area contributed by atoms with Crippen molar-refractivity contribution < 1.29 is 9.53 Å². The molecule has 0 radical (unpaired) electrons. The van der Waals surface area contributed by atoms with Crippen LogP contribution < -0.4 is 0 Å².